The minimum Gasteiger partial charge on any atom is -0.493 e. The van der Waals surface area contributed by atoms with E-state index in [1.807, 2.05) is 37.3 Å². The number of ether oxygens (including phenoxy) is 2. The van der Waals surface area contributed by atoms with Gasteiger partial charge in [0.05, 0.1) is 25.3 Å². The maximum absolute atomic E-state index is 12.5. The maximum Gasteiger partial charge on any atom is 0.255 e. The largest absolute Gasteiger partial charge is 0.493 e. The van der Waals surface area contributed by atoms with Gasteiger partial charge >= 0.3 is 0 Å². The first-order chi connectivity index (χ1) is 14.1. The number of anilines is 1. The summed E-state index contributed by atoms with van der Waals surface area (Å²) in [6.07, 6.45) is 3.18. The Morgan fingerprint density at radius 1 is 1.00 bits per heavy atom. The standard InChI is InChI=1S/C22H20N4O3/c1-13-4-5-15(10-16(13)26-22(27)14-6-8-23-9-7-14)21-24-17-11-19(28-2)20(29-3)12-18(17)25-21/h4-12H,1-3H3,(H,24,25)(H,26,27). The van der Waals surface area contributed by atoms with E-state index in [2.05, 4.69) is 20.3 Å². The zero-order chi connectivity index (χ0) is 20.4. The van der Waals surface area contributed by atoms with E-state index in [9.17, 15) is 4.79 Å². The molecule has 2 aromatic heterocycles. The third kappa shape index (κ3) is 3.62. The fourth-order valence-corrected chi connectivity index (χ4v) is 3.08. The van der Waals surface area contributed by atoms with Crippen molar-refractivity contribution in [1.82, 2.24) is 15.0 Å². The number of imidazole rings is 1. The molecule has 0 aliphatic rings. The number of benzene rings is 2. The topological polar surface area (TPSA) is 89.1 Å². The van der Waals surface area contributed by atoms with Gasteiger partial charge in [0.2, 0.25) is 0 Å². The number of carbonyl (C=O) groups excluding carboxylic acids is 1. The second-order valence-electron chi connectivity index (χ2n) is 6.53. The number of rotatable bonds is 5. The molecule has 4 rings (SSSR count). The molecule has 0 spiro atoms. The van der Waals surface area contributed by atoms with E-state index in [4.69, 9.17) is 9.47 Å². The van der Waals surface area contributed by atoms with E-state index in [0.29, 0.717) is 22.9 Å². The molecule has 4 aromatic rings. The van der Waals surface area contributed by atoms with Crippen LogP contribution in [0.1, 0.15) is 15.9 Å². The van der Waals surface area contributed by atoms with Gasteiger partial charge in [-0.2, -0.15) is 0 Å². The SMILES string of the molecule is COc1cc2nc(-c3ccc(C)c(NC(=O)c4ccncc4)c3)[nH]c2cc1OC. The van der Waals surface area contributed by atoms with Crippen molar-refractivity contribution in [2.75, 3.05) is 19.5 Å². The molecular formula is C22H20N4O3. The van der Waals surface area contributed by atoms with Crippen molar-refractivity contribution in [2.24, 2.45) is 0 Å². The summed E-state index contributed by atoms with van der Waals surface area (Å²) in [7, 11) is 3.19. The molecule has 146 valence electrons. The smallest absolute Gasteiger partial charge is 0.255 e. The van der Waals surface area contributed by atoms with Crippen molar-refractivity contribution >= 4 is 22.6 Å². The highest BCUT2D eigenvalue weighted by Crippen LogP contribution is 2.33. The molecule has 7 nitrogen and oxygen atoms in total. The van der Waals surface area contributed by atoms with Crippen LogP contribution in [0.5, 0.6) is 11.5 Å². The molecule has 0 saturated carbocycles. The lowest BCUT2D eigenvalue weighted by Gasteiger charge is -2.10. The number of carbonyl (C=O) groups is 1. The molecular weight excluding hydrogens is 368 g/mol. The quantitative estimate of drug-likeness (QED) is 0.535. The second kappa shape index (κ2) is 7.63. The molecule has 0 radical (unpaired) electrons. The number of hydrogen-bond acceptors (Lipinski definition) is 5. The third-order valence-corrected chi connectivity index (χ3v) is 4.69. The Kier molecular flexibility index (Phi) is 4.87. The number of amides is 1. The summed E-state index contributed by atoms with van der Waals surface area (Å²) in [6.45, 7) is 1.94. The second-order valence-corrected chi connectivity index (χ2v) is 6.53. The average molecular weight is 388 g/mol. The Hall–Kier alpha value is -3.87. The Balaban J connectivity index is 1.69. The van der Waals surface area contributed by atoms with Crippen molar-refractivity contribution in [1.29, 1.82) is 0 Å². The first-order valence-electron chi connectivity index (χ1n) is 9.03. The predicted octanol–water partition coefficient (Wildman–Crippen LogP) is 4.20. The molecule has 29 heavy (non-hydrogen) atoms. The van der Waals surface area contributed by atoms with Crippen LogP contribution in [0.2, 0.25) is 0 Å². The number of aromatic amines is 1. The predicted molar refractivity (Wildman–Crippen MR) is 112 cm³/mol. The van der Waals surface area contributed by atoms with Gasteiger partial charge in [-0.05, 0) is 30.7 Å². The third-order valence-electron chi connectivity index (χ3n) is 4.69. The van der Waals surface area contributed by atoms with Gasteiger partial charge in [0.1, 0.15) is 5.82 Å². The highest BCUT2D eigenvalue weighted by molar-refractivity contribution is 6.04. The lowest BCUT2D eigenvalue weighted by Crippen LogP contribution is -2.12. The highest BCUT2D eigenvalue weighted by atomic mass is 16.5. The molecule has 1 amide bonds. The Bertz CT molecular complexity index is 1140. The van der Waals surface area contributed by atoms with Gasteiger partial charge in [-0.3, -0.25) is 9.78 Å². The van der Waals surface area contributed by atoms with E-state index >= 15 is 0 Å². The monoisotopic (exact) mass is 388 g/mol. The normalized spacial score (nSPS) is 10.7. The zero-order valence-electron chi connectivity index (χ0n) is 16.3. The first-order valence-corrected chi connectivity index (χ1v) is 9.03. The van der Waals surface area contributed by atoms with Crippen LogP contribution in [0, 0.1) is 6.92 Å². The van der Waals surface area contributed by atoms with Crippen LogP contribution in [0.15, 0.2) is 54.9 Å². The number of aryl methyl sites for hydroxylation is 1. The lowest BCUT2D eigenvalue weighted by atomic mass is 10.1. The molecule has 2 N–H and O–H groups in total. The van der Waals surface area contributed by atoms with Crippen LogP contribution in [-0.2, 0) is 0 Å². The minimum atomic E-state index is -0.188. The Morgan fingerprint density at radius 3 is 2.45 bits per heavy atom. The van der Waals surface area contributed by atoms with Gasteiger partial charge in [0.25, 0.3) is 5.91 Å². The average Bonchev–Trinajstić information content (AvgIpc) is 3.17. The summed E-state index contributed by atoms with van der Waals surface area (Å²) < 4.78 is 10.7. The molecule has 0 fully saturated rings. The zero-order valence-corrected chi connectivity index (χ0v) is 16.3. The van der Waals surface area contributed by atoms with E-state index in [1.165, 1.54) is 0 Å². The van der Waals surface area contributed by atoms with Gasteiger partial charge in [-0.1, -0.05) is 12.1 Å². The lowest BCUT2D eigenvalue weighted by molar-refractivity contribution is 0.102. The Labute approximate surface area is 167 Å². The number of nitrogens with one attached hydrogen (secondary N) is 2. The molecule has 0 aliphatic carbocycles. The summed E-state index contributed by atoms with van der Waals surface area (Å²) in [5.74, 6) is 1.75. The van der Waals surface area contributed by atoms with Gasteiger partial charge in [0, 0.05) is 41.3 Å². The van der Waals surface area contributed by atoms with Gasteiger partial charge < -0.3 is 19.8 Å². The number of H-pyrrole nitrogens is 1. The Morgan fingerprint density at radius 2 is 1.72 bits per heavy atom. The van der Waals surface area contributed by atoms with E-state index in [-0.39, 0.29) is 5.91 Å². The van der Waals surface area contributed by atoms with Crippen molar-refractivity contribution in [3.8, 4) is 22.9 Å². The van der Waals surface area contributed by atoms with E-state index < -0.39 is 0 Å². The van der Waals surface area contributed by atoms with E-state index in [0.717, 1.165) is 27.8 Å². The molecule has 0 bridgehead atoms. The van der Waals surface area contributed by atoms with Crippen molar-refractivity contribution in [2.45, 2.75) is 6.92 Å². The molecule has 0 saturated heterocycles. The number of hydrogen-bond donors (Lipinski definition) is 2. The fourth-order valence-electron chi connectivity index (χ4n) is 3.08. The summed E-state index contributed by atoms with van der Waals surface area (Å²) in [6, 6.07) is 12.8. The fraction of sp³-hybridized carbons (Fsp3) is 0.136. The van der Waals surface area contributed by atoms with Gasteiger partial charge in [-0.15, -0.1) is 0 Å². The first kappa shape index (κ1) is 18.5. The number of fused-ring (bicyclic) bond motifs is 1. The van der Waals surface area contributed by atoms with Crippen LogP contribution >= 0.6 is 0 Å². The molecule has 0 aliphatic heterocycles. The minimum absolute atomic E-state index is 0.188. The summed E-state index contributed by atoms with van der Waals surface area (Å²) >= 11 is 0. The van der Waals surface area contributed by atoms with E-state index in [1.54, 1.807) is 38.7 Å². The molecule has 0 atom stereocenters. The summed E-state index contributed by atoms with van der Waals surface area (Å²) in [4.78, 5) is 24.4. The molecule has 2 heterocycles. The van der Waals surface area contributed by atoms with Gasteiger partial charge in [-0.25, -0.2) is 4.98 Å². The van der Waals surface area contributed by atoms with Crippen LogP contribution in [0.4, 0.5) is 5.69 Å². The van der Waals surface area contributed by atoms with Crippen molar-refractivity contribution in [3.05, 3.63) is 66.0 Å². The van der Waals surface area contributed by atoms with Crippen molar-refractivity contribution < 1.29 is 14.3 Å². The maximum atomic E-state index is 12.5. The highest BCUT2D eigenvalue weighted by Gasteiger charge is 2.13. The number of methoxy groups -OCH3 is 2. The van der Waals surface area contributed by atoms with Crippen LogP contribution in [-0.4, -0.2) is 35.1 Å². The molecule has 0 unspecified atom stereocenters. The molecule has 7 heteroatoms. The summed E-state index contributed by atoms with van der Waals surface area (Å²) in [5.41, 5.74) is 4.68. The molecule has 2 aromatic carbocycles. The van der Waals surface area contributed by atoms with Gasteiger partial charge in [0.15, 0.2) is 11.5 Å². The van der Waals surface area contributed by atoms with Crippen LogP contribution < -0.4 is 14.8 Å². The number of nitrogens with zero attached hydrogens (tertiary/aromatic N) is 2. The van der Waals surface area contributed by atoms with Crippen molar-refractivity contribution in [3.63, 3.8) is 0 Å². The van der Waals surface area contributed by atoms with Crippen LogP contribution in [0.3, 0.4) is 0 Å². The number of aromatic nitrogens is 3. The number of pyridine rings is 1. The van der Waals surface area contributed by atoms with Crippen LogP contribution in [0.25, 0.3) is 22.4 Å². The summed E-state index contributed by atoms with van der Waals surface area (Å²) in [5, 5.41) is 2.96.